The van der Waals surface area contributed by atoms with E-state index in [1.807, 2.05) is 6.07 Å². The number of nitrogens with two attached hydrogens (primary N) is 1. The van der Waals surface area contributed by atoms with Crippen molar-refractivity contribution in [1.29, 1.82) is 0 Å². The number of thiophene rings is 1. The quantitative estimate of drug-likeness (QED) is 0.634. The largest absolute Gasteiger partial charge is 0.496 e. The summed E-state index contributed by atoms with van der Waals surface area (Å²) in [6, 6.07) is 7.65. The highest BCUT2D eigenvalue weighted by Crippen LogP contribution is 2.40. The molecule has 2 rings (SSSR count). The third-order valence-electron chi connectivity index (χ3n) is 3.26. The summed E-state index contributed by atoms with van der Waals surface area (Å²) in [5.41, 5.74) is 3.75. The van der Waals surface area contributed by atoms with Crippen molar-refractivity contribution in [1.82, 2.24) is 5.43 Å². The maximum atomic E-state index is 5.76. The molecule has 21 heavy (non-hydrogen) atoms. The SMILES string of the molecule is COc1cc(OC)c(C(NN)c2ccc(C)s2)cc1OC. The minimum atomic E-state index is -0.168. The van der Waals surface area contributed by atoms with Crippen LogP contribution in [0.15, 0.2) is 24.3 Å². The zero-order valence-electron chi connectivity index (χ0n) is 12.6. The van der Waals surface area contributed by atoms with Crippen LogP contribution in [0.25, 0.3) is 0 Å². The summed E-state index contributed by atoms with van der Waals surface area (Å²) < 4.78 is 16.1. The summed E-state index contributed by atoms with van der Waals surface area (Å²) in [5, 5.41) is 0. The molecule has 0 saturated carbocycles. The van der Waals surface area contributed by atoms with E-state index in [1.165, 1.54) is 4.88 Å². The van der Waals surface area contributed by atoms with Crippen molar-refractivity contribution in [2.24, 2.45) is 5.84 Å². The van der Waals surface area contributed by atoms with E-state index in [4.69, 9.17) is 20.1 Å². The van der Waals surface area contributed by atoms with Gasteiger partial charge >= 0.3 is 0 Å². The third-order valence-corrected chi connectivity index (χ3v) is 4.32. The molecular formula is C15H20N2O3S. The topological polar surface area (TPSA) is 65.7 Å². The van der Waals surface area contributed by atoms with Gasteiger partial charge in [0.25, 0.3) is 0 Å². The maximum Gasteiger partial charge on any atom is 0.164 e. The minimum absolute atomic E-state index is 0.168. The molecule has 0 spiro atoms. The number of hydrogen-bond donors (Lipinski definition) is 2. The number of rotatable bonds is 6. The van der Waals surface area contributed by atoms with Crippen molar-refractivity contribution in [3.05, 3.63) is 39.6 Å². The zero-order valence-corrected chi connectivity index (χ0v) is 13.4. The van der Waals surface area contributed by atoms with Gasteiger partial charge in [-0.05, 0) is 25.1 Å². The van der Waals surface area contributed by atoms with Gasteiger partial charge in [0.2, 0.25) is 0 Å². The average molecular weight is 308 g/mol. The Bertz CT molecular complexity index is 613. The monoisotopic (exact) mass is 308 g/mol. The van der Waals surface area contributed by atoms with Crippen molar-refractivity contribution in [2.45, 2.75) is 13.0 Å². The molecular weight excluding hydrogens is 288 g/mol. The van der Waals surface area contributed by atoms with Crippen molar-refractivity contribution in [3.8, 4) is 17.2 Å². The normalized spacial score (nSPS) is 12.0. The summed E-state index contributed by atoms with van der Waals surface area (Å²) in [5.74, 6) is 7.72. The first-order valence-corrected chi connectivity index (χ1v) is 7.28. The van der Waals surface area contributed by atoms with Gasteiger partial charge in [-0.3, -0.25) is 5.84 Å². The molecule has 1 atom stereocenters. The second kappa shape index (κ2) is 6.80. The van der Waals surface area contributed by atoms with Crippen LogP contribution in [0.4, 0.5) is 0 Å². The molecule has 0 radical (unpaired) electrons. The Kier molecular flexibility index (Phi) is 5.06. The van der Waals surface area contributed by atoms with E-state index in [-0.39, 0.29) is 6.04 Å². The fraction of sp³-hybridized carbons (Fsp3) is 0.333. The van der Waals surface area contributed by atoms with Gasteiger partial charge in [0.1, 0.15) is 5.75 Å². The first-order valence-electron chi connectivity index (χ1n) is 6.47. The Morgan fingerprint density at radius 1 is 1.00 bits per heavy atom. The van der Waals surface area contributed by atoms with Crippen molar-refractivity contribution in [2.75, 3.05) is 21.3 Å². The van der Waals surface area contributed by atoms with Gasteiger partial charge in [-0.1, -0.05) is 0 Å². The summed E-state index contributed by atoms with van der Waals surface area (Å²) in [6.07, 6.45) is 0. The molecule has 5 nitrogen and oxygen atoms in total. The predicted octanol–water partition coefficient (Wildman–Crippen LogP) is 2.64. The lowest BCUT2D eigenvalue weighted by Gasteiger charge is -2.20. The van der Waals surface area contributed by atoms with Crippen LogP contribution >= 0.6 is 11.3 Å². The molecule has 0 aliphatic carbocycles. The van der Waals surface area contributed by atoms with E-state index in [9.17, 15) is 0 Å². The number of ether oxygens (including phenoxy) is 3. The molecule has 1 heterocycles. The molecule has 1 aromatic heterocycles. The van der Waals surface area contributed by atoms with Gasteiger partial charge in [0.05, 0.1) is 27.4 Å². The van der Waals surface area contributed by atoms with Crippen LogP contribution in [0.2, 0.25) is 0 Å². The summed E-state index contributed by atoms with van der Waals surface area (Å²) in [6.45, 7) is 2.06. The summed E-state index contributed by atoms with van der Waals surface area (Å²) in [7, 11) is 4.82. The number of methoxy groups -OCH3 is 3. The lowest BCUT2D eigenvalue weighted by atomic mass is 10.0. The Morgan fingerprint density at radius 3 is 2.10 bits per heavy atom. The first-order chi connectivity index (χ1) is 10.1. The Hall–Kier alpha value is -1.76. The first kappa shape index (κ1) is 15.6. The highest BCUT2D eigenvalue weighted by Gasteiger charge is 2.21. The molecule has 114 valence electrons. The highest BCUT2D eigenvalue weighted by atomic mass is 32.1. The van der Waals surface area contributed by atoms with E-state index in [0.717, 1.165) is 10.4 Å². The van der Waals surface area contributed by atoms with Crippen LogP contribution in [0, 0.1) is 6.92 Å². The van der Waals surface area contributed by atoms with E-state index < -0.39 is 0 Å². The van der Waals surface area contributed by atoms with Gasteiger partial charge in [-0.25, -0.2) is 5.43 Å². The van der Waals surface area contributed by atoms with Gasteiger partial charge < -0.3 is 14.2 Å². The van der Waals surface area contributed by atoms with Crippen LogP contribution in [0.3, 0.4) is 0 Å². The van der Waals surface area contributed by atoms with Gasteiger partial charge in [-0.2, -0.15) is 0 Å². The molecule has 1 unspecified atom stereocenters. The predicted molar refractivity (Wildman–Crippen MR) is 84.3 cm³/mol. The molecule has 0 fully saturated rings. The average Bonchev–Trinajstić information content (AvgIpc) is 2.93. The molecule has 6 heteroatoms. The lowest BCUT2D eigenvalue weighted by Crippen LogP contribution is -2.28. The van der Waals surface area contributed by atoms with Crippen LogP contribution in [-0.2, 0) is 0 Å². The molecule has 3 N–H and O–H groups in total. The van der Waals surface area contributed by atoms with Gasteiger partial charge in [-0.15, -0.1) is 11.3 Å². The number of hydrazine groups is 1. The fourth-order valence-electron chi connectivity index (χ4n) is 2.21. The van der Waals surface area contributed by atoms with Crippen LogP contribution < -0.4 is 25.5 Å². The standard InChI is InChI=1S/C15H20N2O3S/c1-9-5-6-14(21-9)15(17-16)10-7-12(19-3)13(20-4)8-11(10)18-2/h5-8,15,17H,16H2,1-4H3. The van der Waals surface area contributed by atoms with Crippen molar-refractivity contribution in [3.63, 3.8) is 0 Å². The van der Waals surface area contributed by atoms with Crippen LogP contribution in [0.1, 0.15) is 21.4 Å². The number of benzene rings is 1. The molecule has 0 amide bonds. The molecule has 0 aliphatic heterocycles. The lowest BCUT2D eigenvalue weighted by molar-refractivity contribution is 0.346. The minimum Gasteiger partial charge on any atom is -0.496 e. The molecule has 0 saturated heterocycles. The zero-order chi connectivity index (χ0) is 15.4. The van der Waals surface area contributed by atoms with Crippen molar-refractivity contribution >= 4 is 11.3 Å². The molecule has 0 bridgehead atoms. The Balaban J connectivity index is 2.54. The van der Waals surface area contributed by atoms with Crippen molar-refractivity contribution < 1.29 is 14.2 Å². The van der Waals surface area contributed by atoms with Gasteiger partial charge in [0, 0.05) is 21.4 Å². The van der Waals surface area contributed by atoms with Crippen LogP contribution in [-0.4, -0.2) is 21.3 Å². The second-order valence-corrected chi connectivity index (χ2v) is 5.82. The van der Waals surface area contributed by atoms with Gasteiger partial charge in [0.15, 0.2) is 11.5 Å². The Labute approximate surface area is 128 Å². The fourth-order valence-corrected chi connectivity index (χ4v) is 3.17. The number of nitrogens with one attached hydrogen (secondary N) is 1. The Morgan fingerprint density at radius 2 is 1.62 bits per heavy atom. The number of aryl methyl sites for hydroxylation is 1. The second-order valence-electron chi connectivity index (χ2n) is 4.50. The molecule has 1 aromatic carbocycles. The van der Waals surface area contributed by atoms with E-state index in [1.54, 1.807) is 38.7 Å². The highest BCUT2D eigenvalue weighted by molar-refractivity contribution is 7.12. The van der Waals surface area contributed by atoms with E-state index >= 15 is 0 Å². The molecule has 2 aromatic rings. The summed E-state index contributed by atoms with van der Waals surface area (Å²) >= 11 is 1.69. The van der Waals surface area contributed by atoms with E-state index in [2.05, 4.69) is 24.5 Å². The third kappa shape index (κ3) is 3.12. The van der Waals surface area contributed by atoms with E-state index in [0.29, 0.717) is 17.2 Å². The van der Waals surface area contributed by atoms with Crippen LogP contribution in [0.5, 0.6) is 17.2 Å². The molecule has 0 aliphatic rings. The maximum absolute atomic E-state index is 5.76. The summed E-state index contributed by atoms with van der Waals surface area (Å²) in [4.78, 5) is 2.34. The number of hydrogen-bond acceptors (Lipinski definition) is 6. The smallest absolute Gasteiger partial charge is 0.164 e.